The molecular weight excluding hydrogens is 250 g/mol. The van der Waals surface area contributed by atoms with Gasteiger partial charge in [0.05, 0.1) is 0 Å². The van der Waals surface area contributed by atoms with Crippen molar-refractivity contribution >= 4 is 5.91 Å². The van der Waals surface area contributed by atoms with Gasteiger partial charge in [-0.3, -0.25) is 4.79 Å². The Morgan fingerprint density at radius 1 is 1.30 bits per heavy atom. The predicted octanol–water partition coefficient (Wildman–Crippen LogP) is 2.57. The van der Waals surface area contributed by atoms with Crippen LogP contribution in [0.2, 0.25) is 0 Å². The van der Waals surface area contributed by atoms with E-state index in [1.807, 2.05) is 10.8 Å². The lowest BCUT2D eigenvalue weighted by Gasteiger charge is -2.20. The van der Waals surface area contributed by atoms with Crippen LogP contribution in [0.1, 0.15) is 46.2 Å². The molecule has 2 N–H and O–H groups in total. The van der Waals surface area contributed by atoms with Crippen molar-refractivity contribution in [2.24, 2.45) is 11.8 Å². The van der Waals surface area contributed by atoms with Gasteiger partial charge in [0.15, 0.2) is 0 Å². The van der Waals surface area contributed by atoms with Gasteiger partial charge >= 0.3 is 0 Å². The Kier molecular flexibility index (Phi) is 6.79. The number of hydrogen-bond donors (Lipinski definition) is 2. The highest BCUT2D eigenvalue weighted by Crippen LogP contribution is 2.21. The molecule has 0 radical (unpaired) electrons. The number of carbonyl (C=O) groups excluding carboxylic acids is 1. The van der Waals surface area contributed by atoms with Gasteiger partial charge in [0, 0.05) is 25.0 Å². The van der Waals surface area contributed by atoms with Crippen LogP contribution in [-0.2, 0) is 11.3 Å². The molecule has 0 spiro atoms. The van der Waals surface area contributed by atoms with Gasteiger partial charge in [-0.2, -0.15) is 0 Å². The van der Waals surface area contributed by atoms with E-state index < -0.39 is 0 Å². The van der Waals surface area contributed by atoms with Crippen molar-refractivity contribution in [1.82, 2.24) is 15.2 Å². The van der Waals surface area contributed by atoms with Gasteiger partial charge in [-0.15, -0.1) is 0 Å². The Morgan fingerprint density at radius 2 is 2.00 bits per heavy atom. The number of carbonyl (C=O) groups is 1. The zero-order valence-corrected chi connectivity index (χ0v) is 13.4. The molecule has 0 aliphatic rings. The molecule has 1 atom stereocenters. The number of hydrogen-bond acceptors (Lipinski definition) is 2. The van der Waals surface area contributed by atoms with Crippen molar-refractivity contribution in [2.45, 2.75) is 47.2 Å². The molecule has 20 heavy (non-hydrogen) atoms. The largest absolute Gasteiger partial charge is 0.354 e. The van der Waals surface area contributed by atoms with E-state index in [0.29, 0.717) is 24.4 Å². The van der Waals surface area contributed by atoms with E-state index >= 15 is 0 Å². The van der Waals surface area contributed by atoms with Gasteiger partial charge in [0.1, 0.15) is 6.54 Å². The van der Waals surface area contributed by atoms with E-state index in [2.05, 4.69) is 57.5 Å². The first-order valence-electron chi connectivity index (χ1n) is 7.59. The minimum atomic E-state index is 0.0744. The molecule has 0 aliphatic carbocycles. The van der Waals surface area contributed by atoms with Crippen molar-refractivity contribution in [3.63, 3.8) is 0 Å². The van der Waals surface area contributed by atoms with Crippen molar-refractivity contribution in [3.8, 4) is 0 Å². The summed E-state index contributed by atoms with van der Waals surface area (Å²) in [5, 5.41) is 6.43. The Labute approximate surface area is 122 Å². The fourth-order valence-corrected chi connectivity index (χ4v) is 2.24. The molecule has 1 aromatic rings. The van der Waals surface area contributed by atoms with E-state index in [0.717, 1.165) is 13.1 Å². The van der Waals surface area contributed by atoms with Gasteiger partial charge in [0.2, 0.25) is 5.91 Å². The summed E-state index contributed by atoms with van der Waals surface area (Å²) in [6.45, 7) is 12.8. The van der Waals surface area contributed by atoms with Crippen LogP contribution in [-0.4, -0.2) is 23.6 Å². The first kappa shape index (κ1) is 16.8. The van der Waals surface area contributed by atoms with E-state index in [4.69, 9.17) is 0 Å². The van der Waals surface area contributed by atoms with Gasteiger partial charge in [-0.1, -0.05) is 34.6 Å². The summed E-state index contributed by atoms with van der Waals surface area (Å²) in [6, 6.07) is 2.45. The molecule has 4 nitrogen and oxygen atoms in total. The minimum absolute atomic E-state index is 0.0744. The smallest absolute Gasteiger partial charge is 0.239 e. The van der Waals surface area contributed by atoms with Crippen LogP contribution in [0, 0.1) is 11.8 Å². The number of nitrogens with zero attached hydrogens (tertiary/aromatic N) is 1. The molecule has 0 fully saturated rings. The van der Waals surface area contributed by atoms with Crippen LogP contribution in [0.4, 0.5) is 0 Å². The second-order valence-corrected chi connectivity index (χ2v) is 6.09. The summed E-state index contributed by atoms with van der Waals surface area (Å²) in [7, 11) is 0. The summed E-state index contributed by atoms with van der Waals surface area (Å²) in [5.74, 6) is 1.09. The van der Waals surface area contributed by atoms with Gasteiger partial charge < -0.3 is 15.2 Å². The monoisotopic (exact) mass is 279 g/mol. The van der Waals surface area contributed by atoms with Crippen LogP contribution >= 0.6 is 0 Å². The maximum Gasteiger partial charge on any atom is 0.239 e. The number of nitrogens with one attached hydrogen (secondary N) is 2. The predicted molar refractivity (Wildman–Crippen MR) is 83.5 cm³/mol. The maximum absolute atomic E-state index is 11.8. The number of aromatic nitrogens is 1. The van der Waals surface area contributed by atoms with Gasteiger partial charge in [0.25, 0.3) is 0 Å². The van der Waals surface area contributed by atoms with Crippen LogP contribution in [0.25, 0.3) is 0 Å². The zero-order chi connectivity index (χ0) is 15.1. The van der Waals surface area contributed by atoms with Crippen molar-refractivity contribution in [2.75, 3.05) is 13.1 Å². The molecule has 1 aromatic heterocycles. The lowest BCUT2D eigenvalue weighted by molar-refractivity contribution is -0.121. The second kappa shape index (κ2) is 8.10. The maximum atomic E-state index is 11.8. The highest BCUT2D eigenvalue weighted by Gasteiger charge is 2.15. The zero-order valence-electron chi connectivity index (χ0n) is 13.4. The average Bonchev–Trinajstić information content (AvgIpc) is 2.81. The molecule has 0 bridgehead atoms. The Bertz CT molecular complexity index is 410. The van der Waals surface area contributed by atoms with Crippen molar-refractivity contribution < 1.29 is 4.79 Å². The van der Waals surface area contributed by atoms with E-state index in [1.54, 1.807) is 0 Å². The molecule has 1 unspecified atom stereocenters. The normalized spacial score (nSPS) is 12.9. The second-order valence-electron chi connectivity index (χ2n) is 6.09. The fourth-order valence-electron chi connectivity index (χ4n) is 2.24. The Balaban J connectivity index is 2.60. The highest BCUT2D eigenvalue weighted by molar-refractivity contribution is 5.75. The molecular formula is C16H29N3O. The van der Waals surface area contributed by atoms with Gasteiger partial charge in [-0.25, -0.2) is 0 Å². The summed E-state index contributed by atoms with van der Waals surface area (Å²) in [5.41, 5.74) is 1.25. The average molecular weight is 279 g/mol. The summed E-state index contributed by atoms with van der Waals surface area (Å²) < 4.78 is 1.96. The molecule has 1 amide bonds. The Morgan fingerprint density at radius 3 is 2.55 bits per heavy atom. The van der Waals surface area contributed by atoms with Crippen molar-refractivity contribution in [3.05, 3.63) is 24.0 Å². The molecule has 4 heteroatoms. The fraction of sp³-hybridized carbons (Fsp3) is 0.688. The third kappa shape index (κ3) is 5.37. The summed E-state index contributed by atoms with van der Waals surface area (Å²) in [4.78, 5) is 11.8. The molecule has 1 heterocycles. The van der Waals surface area contributed by atoms with E-state index in [9.17, 15) is 4.79 Å². The summed E-state index contributed by atoms with van der Waals surface area (Å²) >= 11 is 0. The number of amides is 1. The standard InChI is InChI=1S/C16H29N3O/c1-6-17-16(13(4)5)14-7-8-19(10-14)11-15(20)18-9-12(2)3/h7-8,10,12-13,16-17H,6,9,11H2,1-5H3,(H,18,20). The SMILES string of the molecule is CCNC(c1ccn(CC(=O)NCC(C)C)c1)C(C)C. The third-order valence-electron chi connectivity index (χ3n) is 3.26. The molecule has 0 aliphatic heterocycles. The quantitative estimate of drug-likeness (QED) is 0.768. The molecule has 1 rings (SSSR count). The molecule has 114 valence electrons. The molecule has 0 aromatic carbocycles. The van der Waals surface area contributed by atoms with E-state index in [-0.39, 0.29) is 5.91 Å². The molecule has 0 saturated carbocycles. The Hall–Kier alpha value is -1.29. The first-order chi connectivity index (χ1) is 9.43. The van der Waals surface area contributed by atoms with Crippen LogP contribution in [0.15, 0.2) is 18.5 Å². The first-order valence-corrected chi connectivity index (χ1v) is 7.59. The van der Waals surface area contributed by atoms with E-state index in [1.165, 1.54) is 5.56 Å². The van der Waals surface area contributed by atoms with Crippen LogP contribution in [0.5, 0.6) is 0 Å². The van der Waals surface area contributed by atoms with Crippen LogP contribution in [0.3, 0.4) is 0 Å². The highest BCUT2D eigenvalue weighted by atomic mass is 16.1. The molecule has 0 saturated heterocycles. The summed E-state index contributed by atoms with van der Waals surface area (Å²) in [6.07, 6.45) is 4.05. The van der Waals surface area contributed by atoms with Gasteiger partial charge in [-0.05, 0) is 30.0 Å². The minimum Gasteiger partial charge on any atom is -0.354 e. The van der Waals surface area contributed by atoms with Crippen molar-refractivity contribution in [1.29, 1.82) is 0 Å². The van der Waals surface area contributed by atoms with Crippen LogP contribution < -0.4 is 10.6 Å². The topological polar surface area (TPSA) is 46.1 Å². The number of rotatable bonds is 8. The lowest BCUT2D eigenvalue weighted by Crippen LogP contribution is -2.30. The third-order valence-corrected chi connectivity index (χ3v) is 3.26. The lowest BCUT2D eigenvalue weighted by atomic mass is 9.98.